The summed E-state index contributed by atoms with van der Waals surface area (Å²) in [5.41, 5.74) is 2.30. The Bertz CT molecular complexity index is 948. The molecule has 2 amide bonds. The maximum absolute atomic E-state index is 12.7. The van der Waals surface area contributed by atoms with E-state index in [-0.39, 0.29) is 23.3 Å². The van der Waals surface area contributed by atoms with E-state index in [4.69, 9.17) is 0 Å². The van der Waals surface area contributed by atoms with Gasteiger partial charge in [-0.05, 0) is 67.8 Å². The Balaban J connectivity index is 1.56. The number of aryl methyl sites for hydroxylation is 1. The molecule has 1 aliphatic rings. The molecule has 166 valence electrons. The van der Waals surface area contributed by atoms with Crippen LogP contribution in [0.25, 0.3) is 0 Å². The summed E-state index contributed by atoms with van der Waals surface area (Å²) in [6.07, 6.45) is -3.42. The molecule has 8 heteroatoms. The van der Waals surface area contributed by atoms with Gasteiger partial charge in [-0.25, -0.2) is 0 Å². The average molecular weight is 433 g/mol. The number of carbonyl (C=O) groups is 2. The first kappa shape index (κ1) is 22.7. The van der Waals surface area contributed by atoms with Crippen molar-refractivity contribution in [3.05, 3.63) is 59.2 Å². The van der Waals surface area contributed by atoms with Gasteiger partial charge in [0.25, 0.3) is 5.91 Å². The van der Waals surface area contributed by atoms with Gasteiger partial charge in [-0.15, -0.1) is 0 Å². The number of amides is 2. The third-order valence-electron chi connectivity index (χ3n) is 5.56. The van der Waals surface area contributed by atoms with Crippen LogP contribution in [0.2, 0.25) is 0 Å². The molecule has 31 heavy (non-hydrogen) atoms. The van der Waals surface area contributed by atoms with E-state index >= 15 is 0 Å². The van der Waals surface area contributed by atoms with Crippen molar-refractivity contribution in [2.24, 2.45) is 5.92 Å². The smallest absolute Gasteiger partial charge is 0.377 e. The minimum atomic E-state index is -4.43. The minimum absolute atomic E-state index is 0.0846. The lowest BCUT2D eigenvalue weighted by Gasteiger charge is -2.31. The highest BCUT2D eigenvalue weighted by Crippen LogP contribution is 2.30. The average Bonchev–Trinajstić information content (AvgIpc) is 2.72. The van der Waals surface area contributed by atoms with Gasteiger partial charge in [-0.3, -0.25) is 9.59 Å². The van der Waals surface area contributed by atoms with E-state index in [2.05, 4.69) is 5.32 Å². The second kappa shape index (κ2) is 8.99. The first-order valence-corrected chi connectivity index (χ1v) is 10.1. The first-order chi connectivity index (χ1) is 14.6. The lowest BCUT2D eigenvalue weighted by molar-refractivity contribution is -0.137. The summed E-state index contributed by atoms with van der Waals surface area (Å²) < 4.78 is 38.1. The molecule has 1 fully saturated rings. The van der Waals surface area contributed by atoms with Crippen molar-refractivity contribution in [1.29, 1.82) is 0 Å². The number of halogens is 3. The van der Waals surface area contributed by atoms with Crippen LogP contribution in [0.3, 0.4) is 0 Å². The summed E-state index contributed by atoms with van der Waals surface area (Å²) in [6.45, 7) is 2.75. The molecular formula is C23H26F3N3O2. The van der Waals surface area contributed by atoms with Crippen LogP contribution in [-0.4, -0.2) is 43.9 Å². The largest absolute Gasteiger partial charge is 0.416 e. The van der Waals surface area contributed by atoms with Gasteiger partial charge in [0.2, 0.25) is 5.91 Å². The van der Waals surface area contributed by atoms with Crippen molar-refractivity contribution in [3.63, 3.8) is 0 Å². The topological polar surface area (TPSA) is 52.7 Å². The maximum Gasteiger partial charge on any atom is 0.416 e. The van der Waals surface area contributed by atoms with E-state index in [1.165, 1.54) is 12.1 Å². The number of carbonyl (C=O) groups excluding carboxylic acids is 2. The summed E-state index contributed by atoms with van der Waals surface area (Å²) in [7, 11) is 3.92. The van der Waals surface area contributed by atoms with Crippen LogP contribution in [0, 0.1) is 12.8 Å². The number of rotatable bonds is 4. The van der Waals surface area contributed by atoms with E-state index in [1.807, 2.05) is 44.1 Å². The lowest BCUT2D eigenvalue weighted by atomic mass is 9.95. The fourth-order valence-corrected chi connectivity index (χ4v) is 3.81. The van der Waals surface area contributed by atoms with Crippen LogP contribution in [0.5, 0.6) is 0 Å². The van der Waals surface area contributed by atoms with Crippen LogP contribution in [0.15, 0.2) is 42.5 Å². The molecule has 2 aromatic rings. The summed E-state index contributed by atoms with van der Waals surface area (Å²) in [5.74, 6) is -0.619. The number of hydrogen-bond donors (Lipinski definition) is 1. The van der Waals surface area contributed by atoms with Crippen LogP contribution in [-0.2, 0) is 11.0 Å². The Morgan fingerprint density at radius 2 is 1.65 bits per heavy atom. The molecular weight excluding hydrogens is 407 g/mol. The van der Waals surface area contributed by atoms with E-state index in [1.54, 1.807) is 4.90 Å². The number of nitrogens with one attached hydrogen (secondary N) is 1. The zero-order valence-corrected chi connectivity index (χ0v) is 17.8. The van der Waals surface area contributed by atoms with E-state index < -0.39 is 11.7 Å². The standard InChI is InChI=1S/C23H26F3N3O2/c1-15-14-19(8-9-20(15)28(2)3)27-21(30)16-10-12-29(13-11-16)22(31)17-4-6-18(7-5-17)23(24,25)26/h4-9,14,16H,10-13H2,1-3H3,(H,27,30). The second-order valence-electron chi connectivity index (χ2n) is 8.03. The van der Waals surface area contributed by atoms with Crippen LogP contribution in [0.1, 0.15) is 34.3 Å². The number of likely N-dealkylation sites (tertiary alicyclic amines) is 1. The molecule has 0 spiro atoms. The number of benzene rings is 2. The summed E-state index contributed by atoms with van der Waals surface area (Å²) in [5, 5.41) is 2.95. The highest BCUT2D eigenvalue weighted by atomic mass is 19.4. The Labute approximate surface area is 179 Å². The molecule has 0 aromatic heterocycles. The van der Waals surface area contributed by atoms with Gasteiger partial charge in [0, 0.05) is 50.0 Å². The van der Waals surface area contributed by atoms with Gasteiger partial charge >= 0.3 is 6.18 Å². The number of anilines is 2. The van der Waals surface area contributed by atoms with E-state index in [0.29, 0.717) is 25.9 Å². The third kappa shape index (κ3) is 5.37. The van der Waals surface area contributed by atoms with Gasteiger partial charge < -0.3 is 15.1 Å². The zero-order chi connectivity index (χ0) is 22.8. The van der Waals surface area contributed by atoms with Crippen LogP contribution >= 0.6 is 0 Å². The first-order valence-electron chi connectivity index (χ1n) is 10.1. The quantitative estimate of drug-likeness (QED) is 0.769. The van der Waals surface area contributed by atoms with Crippen molar-refractivity contribution in [3.8, 4) is 0 Å². The zero-order valence-electron chi connectivity index (χ0n) is 17.8. The molecule has 2 aromatic carbocycles. The van der Waals surface area contributed by atoms with Crippen LogP contribution < -0.4 is 10.2 Å². The van der Waals surface area contributed by atoms with Gasteiger partial charge in [0.15, 0.2) is 0 Å². The number of nitrogens with zero attached hydrogens (tertiary/aromatic N) is 2. The van der Waals surface area contributed by atoms with Gasteiger partial charge in [-0.1, -0.05) is 0 Å². The van der Waals surface area contributed by atoms with Crippen molar-refractivity contribution >= 4 is 23.2 Å². The van der Waals surface area contributed by atoms with Gasteiger partial charge in [0.1, 0.15) is 0 Å². The minimum Gasteiger partial charge on any atom is -0.377 e. The number of hydrogen-bond acceptors (Lipinski definition) is 3. The van der Waals surface area contributed by atoms with Crippen molar-refractivity contribution in [2.75, 3.05) is 37.4 Å². The molecule has 1 N–H and O–H groups in total. The molecule has 0 saturated carbocycles. The Hall–Kier alpha value is -3.03. The molecule has 1 saturated heterocycles. The van der Waals surface area contributed by atoms with Crippen LogP contribution in [0.4, 0.5) is 24.5 Å². The molecule has 0 bridgehead atoms. The van der Waals surface area contributed by atoms with Gasteiger partial charge in [0.05, 0.1) is 5.56 Å². The molecule has 3 rings (SSSR count). The predicted octanol–water partition coefficient (Wildman–Crippen LogP) is 4.57. The predicted molar refractivity (Wildman–Crippen MR) is 114 cm³/mol. The summed E-state index contributed by atoms with van der Waals surface area (Å²) in [6, 6.07) is 9.97. The fourth-order valence-electron chi connectivity index (χ4n) is 3.81. The number of alkyl halides is 3. The molecule has 0 radical (unpaired) electrons. The molecule has 1 heterocycles. The van der Waals surface area contributed by atoms with E-state index in [9.17, 15) is 22.8 Å². The molecule has 0 atom stereocenters. The normalized spacial score (nSPS) is 15.0. The lowest BCUT2D eigenvalue weighted by Crippen LogP contribution is -2.41. The monoisotopic (exact) mass is 433 g/mol. The Morgan fingerprint density at radius 3 is 2.16 bits per heavy atom. The summed E-state index contributed by atoms with van der Waals surface area (Å²) >= 11 is 0. The SMILES string of the molecule is Cc1cc(NC(=O)C2CCN(C(=O)c3ccc(C(F)(F)F)cc3)CC2)ccc1N(C)C. The maximum atomic E-state index is 12.7. The number of piperidine rings is 1. The van der Waals surface area contributed by atoms with Crippen molar-refractivity contribution < 1.29 is 22.8 Å². The fraction of sp³-hybridized carbons (Fsp3) is 0.391. The van der Waals surface area contributed by atoms with Crippen molar-refractivity contribution in [1.82, 2.24) is 4.90 Å². The molecule has 1 aliphatic heterocycles. The highest BCUT2D eigenvalue weighted by molar-refractivity contribution is 5.95. The highest BCUT2D eigenvalue weighted by Gasteiger charge is 2.31. The molecule has 5 nitrogen and oxygen atoms in total. The Morgan fingerprint density at radius 1 is 1.03 bits per heavy atom. The summed E-state index contributed by atoms with van der Waals surface area (Å²) in [4.78, 5) is 28.8. The molecule has 0 aliphatic carbocycles. The third-order valence-corrected chi connectivity index (χ3v) is 5.56. The molecule has 0 unspecified atom stereocenters. The van der Waals surface area contributed by atoms with Gasteiger partial charge in [-0.2, -0.15) is 13.2 Å². The Kier molecular flexibility index (Phi) is 6.57. The second-order valence-corrected chi connectivity index (χ2v) is 8.03. The van der Waals surface area contributed by atoms with E-state index in [0.717, 1.165) is 29.1 Å². The van der Waals surface area contributed by atoms with Crippen molar-refractivity contribution in [2.45, 2.75) is 25.9 Å².